The van der Waals surface area contributed by atoms with E-state index in [4.69, 9.17) is 21.1 Å². The molecule has 6 heteroatoms. The predicted molar refractivity (Wildman–Crippen MR) is 76.1 cm³/mol. The number of ether oxygens (including phenoxy) is 2. The van der Waals surface area contributed by atoms with Crippen LogP contribution in [-0.4, -0.2) is 16.8 Å². The minimum Gasteiger partial charge on any atom is -0.454 e. The summed E-state index contributed by atoms with van der Waals surface area (Å²) in [6.45, 7) is 2.16. The van der Waals surface area contributed by atoms with Gasteiger partial charge in [-0.2, -0.15) is 0 Å². The Bertz CT molecular complexity index is 610. The van der Waals surface area contributed by atoms with E-state index in [0.717, 1.165) is 20.6 Å². The lowest BCUT2D eigenvalue weighted by molar-refractivity contribution is 0.174. The van der Waals surface area contributed by atoms with Gasteiger partial charge in [0.25, 0.3) is 0 Å². The Kier molecular flexibility index (Phi) is 3.03. The van der Waals surface area contributed by atoms with Gasteiger partial charge < -0.3 is 9.47 Å². The first-order valence-corrected chi connectivity index (χ1v) is 6.70. The van der Waals surface area contributed by atoms with Gasteiger partial charge in [0, 0.05) is 5.56 Å². The van der Waals surface area contributed by atoms with Crippen molar-refractivity contribution in [3.05, 3.63) is 32.6 Å². The molecule has 0 amide bonds. The molecule has 0 saturated carbocycles. The first-order valence-electron chi connectivity index (χ1n) is 5.25. The van der Waals surface area contributed by atoms with Gasteiger partial charge in [-0.05, 0) is 47.7 Å². The topological polar surface area (TPSA) is 44.2 Å². The van der Waals surface area contributed by atoms with Crippen LogP contribution in [0.2, 0.25) is 5.15 Å². The molecule has 0 N–H and O–H groups in total. The highest BCUT2D eigenvalue weighted by atomic mass is 127. The molecule has 3 rings (SSSR count). The Hall–Kier alpha value is -1.08. The molecule has 1 aliphatic rings. The van der Waals surface area contributed by atoms with Crippen LogP contribution in [-0.2, 0) is 0 Å². The molecule has 1 aromatic heterocycles. The van der Waals surface area contributed by atoms with E-state index in [0.29, 0.717) is 16.7 Å². The zero-order valence-corrected chi connectivity index (χ0v) is 12.3. The molecule has 0 spiro atoms. The van der Waals surface area contributed by atoms with Crippen LogP contribution in [0.1, 0.15) is 5.69 Å². The molecule has 0 radical (unpaired) electrons. The Morgan fingerprint density at radius 3 is 2.78 bits per heavy atom. The van der Waals surface area contributed by atoms with Crippen LogP contribution in [0.3, 0.4) is 0 Å². The maximum atomic E-state index is 6.07. The maximum Gasteiger partial charge on any atom is 0.231 e. The number of hydrogen-bond donors (Lipinski definition) is 0. The van der Waals surface area contributed by atoms with Crippen LogP contribution in [0.5, 0.6) is 11.5 Å². The Balaban J connectivity index is 2.10. The Labute approximate surface area is 122 Å². The molecule has 0 saturated heterocycles. The highest BCUT2D eigenvalue weighted by Gasteiger charge is 2.16. The van der Waals surface area contributed by atoms with Crippen LogP contribution in [0.25, 0.3) is 11.4 Å². The van der Waals surface area contributed by atoms with Crippen molar-refractivity contribution >= 4 is 34.2 Å². The third-order valence-corrected chi connectivity index (χ3v) is 4.49. The van der Waals surface area contributed by atoms with E-state index in [1.165, 1.54) is 0 Å². The number of rotatable bonds is 1. The van der Waals surface area contributed by atoms with Crippen molar-refractivity contribution in [1.82, 2.24) is 9.97 Å². The lowest BCUT2D eigenvalue weighted by Gasteiger charge is -2.05. The molecule has 2 aromatic rings. The van der Waals surface area contributed by atoms with Crippen LogP contribution >= 0.6 is 34.2 Å². The van der Waals surface area contributed by atoms with Crippen LogP contribution < -0.4 is 9.47 Å². The average molecular weight is 375 g/mol. The fourth-order valence-electron chi connectivity index (χ4n) is 1.69. The summed E-state index contributed by atoms with van der Waals surface area (Å²) in [7, 11) is 0. The molecule has 92 valence electrons. The zero-order chi connectivity index (χ0) is 12.7. The van der Waals surface area contributed by atoms with E-state index >= 15 is 0 Å². The van der Waals surface area contributed by atoms with E-state index in [1.807, 2.05) is 25.1 Å². The van der Waals surface area contributed by atoms with Crippen LogP contribution in [0, 0.1) is 10.5 Å². The standard InChI is InChI=1S/C12H8ClIN2O2/c1-6-10(14)11(13)16-12(15-6)7-2-3-8-9(4-7)18-5-17-8/h2-4H,5H2,1H3. The van der Waals surface area contributed by atoms with Gasteiger partial charge in [-0.3, -0.25) is 0 Å². The molecule has 0 aliphatic carbocycles. The molecule has 18 heavy (non-hydrogen) atoms. The lowest BCUT2D eigenvalue weighted by atomic mass is 10.2. The second kappa shape index (κ2) is 4.55. The largest absolute Gasteiger partial charge is 0.454 e. The van der Waals surface area contributed by atoms with Gasteiger partial charge in [0.2, 0.25) is 6.79 Å². The summed E-state index contributed by atoms with van der Waals surface area (Å²) >= 11 is 8.20. The molecule has 2 heterocycles. The van der Waals surface area contributed by atoms with Gasteiger partial charge >= 0.3 is 0 Å². The summed E-state index contributed by atoms with van der Waals surface area (Å²) in [6.07, 6.45) is 0. The van der Waals surface area contributed by atoms with Crippen molar-refractivity contribution in [3.63, 3.8) is 0 Å². The minimum atomic E-state index is 0.256. The first kappa shape index (κ1) is 12.0. The third kappa shape index (κ3) is 2.01. The third-order valence-electron chi connectivity index (χ3n) is 2.61. The highest BCUT2D eigenvalue weighted by Crippen LogP contribution is 2.35. The van der Waals surface area contributed by atoms with E-state index in [-0.39, 0.29) is 6.79 Å². The lowest BCUT2D eigenvalue weighted by Crippen LogP contribution is -1.96. The minimum absolute atomic E-state index is 0.256. The van der Waals surface area contributed by atoms with Crippen LogP contribution in [0.15, 0.2) is 18.2 Å². The van der Waals surface area contributed by atoms with Crippen molar-refractivity contribution in [1.29, 1.82) is 0 Å². The molecule has 0 unspecified atom stereocenters. The fraction of sp³-hybridized carbons (Fsp3) is 0.167. The normalized spacial score (nSPS) is 12.8. The van der Waals surface area contributed by atoms with Gasteiger partial charge in [0.1, 0.15) is 5.15 Å². The van der Waals surface area contributed by atoms with Crippen molar-refractivity contribution < 1.29 is 9.47 Å². The van der Waals surface area contributed by atoms with Crippen LogP contribution in [0.4, 0.5) is 0 Å². The summed E-state index contributed by atoms with van der Waals surface area (Å²) in [5, 5.41) is 0.468. The summed E-state index contributed by atoms with van der Waals surface area (Å²) in [5.74, 6) is 2.05. The summed E-state index contributed by atoms with van der Waals surface area (Å²) in [6, 6.07) is 5.61. The van der Waals surface area contributed by atoms with Crippen molar-refractivity contribution in [2.75, 3.05) is 6.79 Å². The first-order chi connectivity index (χ1) is 8.65. The molecule has 0 atom stereocenters. The van der Waals surface area contributed by atoms with E-state index < -0.39 is 0 Å². The van der Waals surface area contributed by atoms with Crippen molar-refractivity contribution in [2.24, 2.45) is 0 Å². The summed E-state index contributed by atoms with van der Waals surface area (Å²) < 4.78 is 11.5. The second-order valence-electron chi connectivity index (χ2n) is 3.81. The molecule has 4 nitrogen and oxygen atoms in total. The molecule has 0 bridgehead atoms. The van der Waals surface area contributed by atoms with E-state index in [1.54, 1.807) is 0 Å². The van der Waals surface area contributed by atoms with Gasteiger partial charge in [0.05, 0.1) is 9.26 Å². The number of hydrogen-bond acceptors (Lipinski definition) is 4. The Morgan fingerprint density at radius 1 is 1.22 bits per heavy atom. The number of nitrogens with zero attached hydrogens (tertiary/aromatic N) is 2. The summed E-state index contributed by atoms with van der Waals surface area (Å²) in [4.78, 5) is 8.71. The second-order valence-corrected chi connectivity index (χ2v) is 5.24. The van der Waals surface area contributed by atoms with Gasteiger partial charge in [-0.15, -0.1) is 0 Å². The molecular formula is C12H8ClIN2O2. The summed E-state index contributed by atoms with van der Waals surface area (Å²) in [5.41, 5.74) is 1.73. The maximum absolute atomic E-state index is 6.07. The Morgan fingerprint density at radius 2 is 2.00 bits per heavy atom. The number of aromatic nitrogens is 2. The van der Waals surface area contributed by atoms with Gasteiger partial charge in [0.15, 0.2) is 17.3 Å². The van der Waals surface area contributed by atoms with Gasteiger partial charge in [-0.25, -0.2) is 9.97 Å². The highest BCUT2D eigenvalue weighted by molar-refractivity contribution is 14.1. The number of fused-ring (bicyclic) bond motifs is 1. The SMILES string of the molecule is Cc1nc(-c2ccc3c(c2)OCO3)nc(Cl)c1I. The predicted octanol–water partition coefficient (Wildman–Crippen LogP) is 3.44. The zero-order valence-electron chi connectivity index (χ0n) is 9.41. The molecule has 1 aliphatic heterocycles. The van der Waals surface area contributed by atoms with Crippen molar-refractivity contribution in [2.45, 2.75) is 6.92 Å². The number of aryl methyl sites for hydroxylation is 1. The fourth-order valence-corrected chi connectivity index (χ4v) is 2.15. The van der Waals surface area contributed by atoms with E-state index in [2.05, 4.69) is 32.6 Å². The monoisotopic (exact) mass is 374 g/mol. The molecular weight excluding hydrogens is 367 g/mol. The van der Waals surface area contributed by atoms with Crippen molar-refractivity contribution in [3.8, 4) is 22.9 Å². The average Bonchev–Trinajstić information content (AvgIpc) is 2.82. The molecule has 1 aromatic carbocycles. The number of halogens is 2. The molecule has 0 fully saturated rings. The number of benzene rings is 1. The smallest absolute Gasteiger partial charge is 0.231 e. The van der Waals surface area contributed by atoms with Gasteiger partial charge in [-0.1, -0.05) is 11.6 Å². The van der Waals surface area contributed by atoms with E-state index in [9.17, 15) is 0 Å². The quantitative estimate of drug-likeness (QED) is 0.567.